The lowest BCUT2D eigenvalue weighted by atomic mass is 9.95. The highest BCUT2D eigenvalue weighted by atomic mass is 19.1. The molecule has 0 N–H and O–H groups in total. The van der Waals surface area contributed by atoms with Crippen LogP contribution in [0.4, 0.5) is 10.1 Å². The number of halogens is 1. The molecule has 178 valence electrons. The van der Waals surface area contributed by atoms with Crippen molar-refractivity contribution in [3.63, 3.8) is 0 Å². The van der Waals surface area contributed by atoms with Crippen LogP contribution >= 0.6 is 0 Å². The van der Waals surface area contributed by atoms with E-state index in [-0.39, 0.29) is 12.2 Å². The monoisotopic (exact) mass is 465 g/mol. The van der Waals surface area contributed by atoms with E-state index in [4.69, 9.17) is 19.0 Å². The molecule has 6 nitrogen and oxygen atoms in total. The molecule has 0 saturated heterocycles. The zero-order valence-electron chi connectivity index (χ0n) is 19.3. The normalized spacial score (nSPS) is 13.6. The van der Waals surface area contributed by atoms with Crippen LogP contribution < -0.4 is 14.6 Å². The van der Waals surface area contributed by atoms with Gasteiger partial charge in [0.05, 0.1) is 13.7 Å². The standard InChI is InChI=1S/C27H28FNO5/c1-3-32-26(27(30)31-2)18-21-19(17-20-9-4-5-11-22(20)28)10-8-14-24(21)34-29-15-16-33-25-13-7-6-12-23(25)29/h4-14,26H,3,15-18H2,1-2H3. The van der Waals surface area contributed by atoms with Crippen molar-refractivity contribution < 1.29 is 28.2 Å². The molecule has 0 fully saturated rings. The molecule has 0 saturated carbocycles. The van der Waals surface area contributed by atoms with Gasteiger partial charge in [0.15, 0.2) is 11.9 Å². The Balaban J connectivity index is 1.72. The van der Waals surface area contributed by atoms with E-state index in [2.05, 4.69) is 0 Å². The Morgan fingerprint density at radius 1 is 1.06 bits per heavy atom. The maximum atomic E-state index is 14.5. The van der Waals surface area contributed by atoms with Crippen LogP contribution in [0.5, 0.6) is 11.5 Å². The Bertz CT molecular complexity index is 1140. The molecule has 1 aliphatic rings. The van der Waals surface area contributed by atoms with Crippen LogP contribution in [0.15, 0.2) is 66.7 Å². The number of hydrogen-bond acceptors (Lipinski definition) is 6. The molecule has 3 aromatic rings. The van der Waals surface area contributed by atoms with Crippen LogP contribution in [-0.4, -0.2) is 38.9 Å². The third kappa shape index (κ3) is 5.31. The van der Waals surface area contributed by atoms with Gasteiger partial charge in [-0.05, 0) is 42.3 Å². The summed E-state index contributed by atoms with van der Waals surface area (Å²) in [5.74, 6) is 0.556. The number of ether oxygens (including phenoxy) is 3. The lowest BCUT2D eigenvalue weighted by Gasteiger charge is -2.31. The first-order chi connectivity index (χ1) is 16.6. The molecule has 0 bridgehead atoms. The largest absolute Gasteiger partial charge is 0.489 e. The highest BCUT2D eigenvalue weighted by Crippen LogP contribution is 2.34. The van der Waals surface area contributed by atoms with Gasteiger partial charge < -0.3 is 19.0 Å². The molecule has 4 rings (SSSR count). The summed E-state index contributed by atoms with van der Waals surface area (Å²) in [5.41, 5.74) is 2.98. The second-order valence-electron chi connectivity index (χ2n) is 7.84. The van der Waals surface area contributed by atoms with Crippen LogP contribution in [0.25, 0.3) is 0 Å². The summed E-state index contributed by atoms with van der Waals surface area (Å²) in [6.45, 7) is 3.18. The zero-order chi connectivity index (χ0) is 23.9. The molecule has 0 radical (unpaired) electrons. The van der Waals surface area contributed by atoms with Crippen LogP contribution in [0.3, 0.4) is 0 Å². The highest BCUT2D eigenvalue weighted by Gasteiger charge is 2.26. The average molecular weight is 466 g/mol. The molecular weight excluding hydrogens is 437 g/mol. The summed E-state index contributed by atoms with van der Waals surface area (Å²) in [4.78, 5) is 18.8. The lowest BCUT2D eigenvalue weighted by molar-refractivity contribution is -0.153. The first kappa shape index (κ1) is 23.6. The van der Waals surface area contributed by atoms with Crippen LogP contribution in [-0.2, 0) is 27.1 Å². The molecule has 0 aliphatic carbocycles. The van der Waals surface area contributed by atoms with E-state index < -0.39 is 12.1 Å². The second-order valence-corrected chi connectivity index (χ2v) is 7.84. The van der Waals surface area contributed by atoms with Crippen molar-refractivity contribution in [2.24, 2.45) is 0 Å². The predicted octanol–water partition coefficient (Wildman–Crippen LogP) is 4.73. The molecule has 1 unspecified atom stereocenters. The summed E-state index contributed by atoms with van der Waals surface area (Å²) in [6, 6.07) is 19.9. The number of anilines is 1. The van der Waals surface area contributed by atoms with E-state index in [0.717, 1.165) is 22.6 Å². The van der Waals surface area contributed by atoms with Crippen molar-refractivity contribution in [2.45, 2.75) is 25.9 Å². The van der Waals surface area contributed by atoms with Crippen LogP contribution in [0, 0.1) is 5.82 Å². The van der Waals surface area contributed by atoms with E-state index in [1.54, 1.807) is 23.3 Å². The number of hydrogen-bond donors (Lipinski definition) is 0. The third-order valence-corrected chi connectivity index (χ3v) is 5.68. The van der Waals surface area contributed by atoms with Gasteiger partial charge in [-0.15, -0.1) is 0 Å². The lowest BCUT2D eigenvalue weighted by Crippen LogP contribution is -2.36. The van der Waals surface area contributed by atoms with Gasteiger partial charge in [-0.25, -0.2) is 14.2 Å². The number of methoxy groups -OCH3 is 1. The molecule has 7 heteroatoms. The number of esters is 1. The first-order valence-corrected chi connectivity index (χ1v) is 11.3. The Morgan fingerprint density at radius 2 is 1.82 bits per heavy atom. The number of carbonyl (C=O) groups excluding carboxylic acids is 1. The predicted molar refractivity (Wildman–Crippen MR) is 127 cm³/mol. The molecule has 0 amide bonds. The summed E-state index contributed by atoms with van der Waals surface area (Å²) in [7, 11) is 1.33. The van der Waals surface area contributed by atoms with E-state index in [9.17, 15) is 9.18 Å². The number of benzene rings is 3. The van der Waals surface area contributed by atoms with Crippen molar-refractivity contribution >= 4 is 11.7 Å². The molecule has 1 heterocycles. The third-order valence-electron chi connectivity index (χ3n) is 5.68. The maximum absolute atomic E-state index is 14.5. The van der Waals surface area contributed by atoms with Crippen molar-refractivity contribution in [3.8, 4) is 11.5 Å². The Labute approximate surface area is 198 Å². The number of nitrogens with zero attached hydrogens (tertiary/aromatic N) is 1. The fourth-order valence-electron chi connectivity index (χ4n) is 4.03. The van der Waals surface area contributed by atoms with Gasteiger partial charge in [0, 0.05) is 25.0 Å². The van der Waals surface area contributed by atoms with E-state index in [1.165, 1.54) is 13.2 Å². The molecule has 34 heavy (non-hydrogen) atoms. The van der Waals surface area contributed by atoms with Gasteiger partial charge in [-0.3, -0.25) is 0 Å². The molecule has 0 aromatic heterocycles. The molecular formula is C27H28FNO5. The molecule has 1 aliphatic heterocycles. The Kier molecular flexibility index (Phi) is 7.65. The number of fused-ring (bicyclic) bond motifs is 1. The quantitative estimate of drug-likeness (QED) is 0.426. The van der Waals surface area contributed by atoms with Crippen molar-refractivity contribution in [3.05, 3.63) is 89.2 Å². The minimum atomic E-state index is -0.809. The van der Waals surface area contributed by atoms with Crippen LogP contribution in [0.1, 0.15) is 23.6 Å². The Morgan fingerprint density at radius 3 is 2.62 bits per heavy atom. The fourth-order valence-corrected chi connectivity index (χ4v) is 4.03. The van der Waals surface area contributed by atoms with Crippen molar-refractivity contribution in [1.82, 2.24) is 0 Å². The van der Waals surface area contributed by atoms with Gasteiger partial charge >= 0.3 is 5.97 Å². The van der Waals surface area contributed by atoms with Gasteiger partial charge in [-0.2, -0.15) is 0 Å². The molecule has 0 spiro atoms. The summed E-state index contributed by atoms with van der Waals surface area (Å²) < 4.78 is 30.8. The highest BCUT2D eigenvalue weighted by molar-refractivity contribution is 5.75. The zero-order valence-corrected chi connectivity index (χ0v) is 19.3. The van der Waals surface area contributed by atoms with E-state index in [0.29, 0.717) is 37.5 Å². The summed E-state index contributed by atoms with van der Waals surface area (Å²) in [5, 5.41) is 1.78. The summed E-state index contributed by atoms with van der Waals surface area (Å²) >= 11 is 0. The van der Waals surface area contributed by atoms with Crippen molar-refractivity contribution in [1.29, 1.82) is 0 Å². The number of rotatable bonds is 9. The topological polar surface area (TPSA) is 57.2 Å². The SMILES string of the molecule is CCOC(Cc1c(Cc2ccccc2F)cccc1ON1CCOc2ccccc21)C(=O)OC. The van der Waals surface area contributed by atoms with Crippen LogP contribution in [0.2, 0.25) is 0 Å². The van der Waals surface area contributed by atoms with Gasteiger partial charge in [0.2, 0.25) is 0 Å². The second kappa shape index (κ2) is 11.0. The van der Waals surface area contributed by atoms with Gasteiger partial charge in [0.25, 0.3) is 0 Å². The Hall–Kier alpha value is -3.58. The molecule has 3 aromatic carbocycles. The number of para-hydroxylation sites is 2. The maximum Gasteiger partial charge on any atom is 0.335 e. The van der Waals surface area contributed by atoms with Crippen molar-refractivity contribution in [2.75, 3.05) is 31.9 Å². The first-order valence-electron chi connectivity index (χ1n) is 11.3. The molecule has 1 atom stereocenters. The average Bonchev–Trinajstić information content (AvgIpc) is 2.86. The minimum absolute atomic E-state index is 0.229. The van der Waals surface area contributed by atoms with E-state index >= 15 is 0 Å². The number of carbonyl (C=O) groups is 1. The fraction of sp³-hybridized carbons (Fsp3) is 0.296. The smallest absolute Gasteiger partial charge is 0.335 e. The summed E-state index contributed by atoms with van der Waals surface area (Å²) in [6.07, 6.45) is -0.234. The van der Waals surface area contributed by atoms with Gasteiger partial charge in [-0.1, -0.05) is 42.5 Å². The van der Waals surface area contributed by atoms with Gasteiger partial charge in [0.1, 0.15) is 23.9 Å². The minimum Gasteiger partial charge on any atom is -0.489 e. The van der Waals surface area contributed by atoms with E-state index in [1.807, 2.05) is 49.4 Å². The number of hydroxylamine groups is 1.